The second kappa shape index (κ2) is 7.83. The minimum Gasteiger partial charge on any atom is -0.354 e. The number of nitrogens with zero attached hydrogens (tertiary/aromatic N) is 1. The van der Waals surface area contributed by atoms with Gasteiger partial charge in [0.15, 0.2) is 0 Å². The van der Waals surface area contributed by atoms with Crippen molar-refractivity contribution in [3.63, 3.8) is 0 Å². The normalized spacial score (nSPS) is 12.4. The molecule has 33 heavy (non-hydrogen) atoms. The Morgan fingerprint density at radius 3 is 2.15 bits per heavy atom. The second-order valence-corrected chi connectivity index (χ2v) is 8.88. The summed E-state index contributed by atoms with van der Waals surface area (Å²) in [5.74, 6) is 0.102. The Morgan fingerprint density at radius 2 is 1.36 bits per heavy atom. The number of nitrogens with one attached hydrogen (secondary N) is 1. The lowest BCUT2D eigenvalue weighted by Crippen LogP contribution is -2.04. The van der Waals surface area contributed by atoms with Gasteiger partial charge in [-0.2, -0.15) is 0 Å². The van der Waals surface area contributed by atoms with Crippen LogP contribution in [0.3, 0.4) is 0 Å². The molecular formula is C31H26N2. The van der Waals surface area contributed by atoms with E-state index in [0.29, 0.717) is 0 Å². The Hall–Kier alpha value is -4.04. The number of hydrogen-bond donors (Lipinski definition) is 1. The SMILES string of the molecule is Cc1ccc(-c2[nH]c3ccccc3c2C(c2ccccc2)c2cn(C)c3ccccc23)cc1. The average Bonchev–Trinajstić information content (AvgIpc) is 3.40. The van der Waals surface area contributed by atoms with E-state index in [2.05, 4.69) is 133 Å². The van der Waals surface area contributed by atoms with Gasteiger partial charge in [-0.05, 0) is 41.3 Å². The molecule has 0 spiro atoms. The van der Waals surface area contributed by atoms with Crippen LogP contribution in [0.4, 0.5) is 0 Å². The minimum atomic E-state index is 0.102. The minimum absolute atomic E-state index is 0.102. The third-order valence-electron chi connectivity index (χ3n) is 6.75. The van der Waals surface area contributed by atoms with Gasteiger partial charge >= 0.3 is 0 Å². The number of para-hydroxylation sites is 2. The van der Waals surface area contributed by atoms with Crippen molar-refractivity contribution >= 4 is 21.8 Å². The fourth-order valence-corrected chi connectivity index (χ4v) is 5.16. The highest BCUT2D eigenvalue weighted by molar-refractivity contribution is 5.94. The Morgan fingerprint density at radius 1 is 0.697 bits per heavy atom. The summed E-state index contributed by atoms with van der Waals surface area (Å²) in [6.45, 7) is 2.14. The topological polar surface area (TPSA) is 20.7 Å². The van der Waals surface area contributed by atoms with Crippen molar-refractivity contribution in [2.45, 2.75) is 12.8 Å². The lowest BCUT2D eigenvalue weighted by atomic mass is 9.82. The molecule has 0 aliphatic rings. The smallest absolute Gasteiger partial charge is 0.0507 e. The Labute approximate surface area is 194 Å². The molecule has 0 amide bonds. The van der Waals surface area contributed by atoms with Gasteiger partial charge in [0.1, 0.15) is 0 Å². The lowest BCUT2D eigenvalue weighted by Gasteiger charge is -2.20. The maximum atomic E-state index is 3.77. The largest absolute Gasteiger partial charge is 0.354 e. The average molecular weight is 427 g/mol. The number of rotatable bonds is 4. The number of aryl methyl sites for hydroxylation is 2. The molecule has 0 radical (unpaired) electrons. The molecule has 0 bridgehead atoms. The van der Waals surface area contributed by atoms with E-state index in [1.54, 1.807) is 0 Å². The van der Waals surface area contributed by atoms with Gasteiger partial charge in [0, 0.05) is 41.0 Å². The highest BCUT2D eigenvalue weighted by atomic mass is 14.9. The Kier molecular flexibility index (Phi) is 4.66. The molecule has 1 atom stereocenters. The number of H-pyrrole nitrogens is 1. The molecule has 0 saturated carbocycles. The number of benzene rings is 4. The molecule has 2 aromatic heterocycles. The molecule has 0 aliphatic carbocycles. The maximum absolute atomic E-state index is 3.77. The first-order valence-corrected chi connectivity index (χ1v) is 11.5. The molecule has 2 heteroatoms. The Balaban J connectivity index is 1.71. The molecular weight excluding hydrogens is 400 g/mol. The molecule has 160 valence electrons. The van der Waals surface area contributed by atoms with Gasteiger partial charge in [0.25, 0.3) is 0 Å². The zero-order valence-corrected chi connectivity index (χ0v) is 18.9. The van der Waals surface area contributed by atoms with Gasteiger partial charge in [0.05, 0.1) is 5.69 Å². The predicted octanol–water partition coefficient (Wildman–Crippen LogP) is 7.82. The monoisotopic (exact) mass is 426 g/mol. The van der Waals surface area contributed by atoms with Crippen molar-refractivity contribution in [1.29, 1.82) is 0 Å². The van der Waals surface area contributed by atoms with Gasteiger partial charge < -0.3 is 9.55 Å². The fraction of sp³-hybridized carbons (Fsp3) is 0.0968. The van der Waals surface area contributed by atoms with E-state index in [0.717, 1.165) is 0 Å². The number of hydrogen-bond acceptors (Lipinski definition) is 0. The van der Waals surface area contributed by atoms with Crippen LogP contribution in [0.1, 0.15) is 28.2 Å². The number of aromatic nitrogens is 2. The quantitative estimate of drug-likeness (QED) is 0.297. The summed E-state index contributed by atoms with van der Waals surface area (Å²) in [5, 5.41) is 2.57. The van der Waals surface area contributed by atoms with Crippen LogP contribution < -0.4 is 0 Å². The van der Waals surface area contributed by atoms with Gasteiger partial charge in [-0.15, -0.1) is 0 Å². The summed E-state index contributed by atoms with van der Waals surface area (Å²) < 4.78 is 2.25. The highest BCUT2D eigenvalue weighted by Crippen LogP contribution is 2.44. The van der Waals surface area contributed by atoms with Crippen molar-refractivity contribution in [2.75, 3.05) is 0 Å². The van der Waals surface area contributed by atoms with Crippen molar-refractivity contribution in [2.24, 2.45) is 7.05 Å². The summed E-state index contributed by atoms with van der Waals surface area (Å²) in [6, 6.07) is 37.2. The van der Waals surface area contributed by atoms with E-state index in [1.807, 2.05) is 0 Å². The second-order valence-electron chi connectivity index (χ2n) is 8.88. The van der Waals surface area contributed by atoms with Crippen LogP contribution in [-0.4, -0.2) is 9.55 Å². The molecule has 2 heterocycles. The first-order chi connectivity index (χ1) is 16.2. The van der Waals surface area contributed by atoms with Crippen molar-refractivity contribution in [3.8, 4) is 11.3 Å². The third kappa shape index (κ3) is 3.27. The van der Waals surface area contributed by atoms with Crippen molar-refractivity contribution in [1.82, 2.24) is 9.55 Å². The zero-order valence-electron chi connectivity index (χ0n) is 18.9. The molecule has 1 unspecified atom stereocenters. The van der Waals surface area contributed by atoms with Crippen LogP contribution in [-0.2, 0) is 7.05 Å². The van der Waals surface area contributed by atoms with Crippen LogP contribution in [0.2, 0.25) is 0 Å². The van der Waals surface area contributed by atoms with Crippen molar-refractivity contribution < 1.29 is 0 Å². The molecule has 2 nitrogen and oxygen atoms in total. The van der Waals surface area contributed by atoms with Crippen LogP contribution in [0.5, 0.6) is 0 Å². The standard InChI is InChI=1S/C31H26N2/c1-21-16-18-23(19-17-21)31-30(25-13-6-8-14-27(25)32-31)29(22-10-4-3-5-11-22)26-20-33(2)28-15-9-7-12-24(26)28/h3-20,29,32H,1-2H3. The van der Waals surface area contributed by atoms with E-state index in [1.165, 1.54) is 55.3 Å². The number of fused-ring (bicyclic) bond motifs is 2. The highest BCUT2D eigenvalue weighted by Gasteiger charge is 2.27. The first kappa shape index (κ1) is 19.6. The van der Waals surface area contributed by atoms with E-state index in [-0.39, 0.29) is 5.92 Å². The lowest BCUT2D eigenvalue weighted by molar-refractivity contribution is 0.932. The first-order valence-electron chi connectivity index (χ1n) is 11.5. The van der Waals surface area contributed by atoms with E-state index >= 15 is 0 Å². The van der Waals surface area contributed by atoms with E-state index < -0.39 is 0 Å². The van der Waals surface area contributed by atoms with Crippen LogP contribution >= 0.6 is 0 Å². The summed E-state index contributed by atoms with van der Waals surface area (Å²) in [7, 11) is 2.14. The molecule has 6 rings (SSSR count). The summed E-state index contributed by atoms with van der Waals surface area (Å²) in [4.78, 5) is 3.77. The number of aromatic amines is 1. The molecule has 0 fully saturated rings. The summed E-state index contributed by atoms with van der Waals surface area (Å²) in [5.41, 5.74) is 10.1. The van der Waals surface area contributed by atoms with Gasteiger partial charge in [-0.1, -0.05) is 96.6 Å². The van der Waals surface area contributed by atoms with Crippen LogP contribution in [0, 0.1) is 6.92 Å². The third-order valence-corrected chi connectivity index (χ3v) is 6.75. The zero-order chi connectivity index (χ0) is 22.4. The summed E-state index contributed by atoms with van der Waals surface area (Å²) in [6.07, 6.45) is 2.31. The van der Waals surface area contributed by atoms with Crippen LogP contribution in [0.15, 0.2) is 109 Å². The van der Waals surface area contributed by atoms with Crippen molar-refractivity contribution in [3.05, 3.63) is 132 Å². The predicted molar refractivity (Wildman–Crippen MR) is 139 cm³/mol. The Bertz CT molecular complexity index is 1570. The van der Waals surface area contributed by atoms with E-state index in [9.17, 15) is 0 Å². The van der Waals surface area contributed by atoms with E-state index in [4.69, 9.17) is 0 Å². The maximum Gasteiger partial charge on any atom is 0.0507 e. The molecule has 4 aromatic carbocycles. The van der Waals surface area contributed by atoms with Crippen LogP contribution in [0.25, 0.3) is 33.1 Å². The molecule has 6 aromatic rings. The summed E-state index contributed by atoms with van der Waals surface area (Å²) >= 11 is 0. The molecule has 1 N–H and O–H groups in total. The molecule has 0 aliphatic heterocycles. The van der Waals surface area contributed by atoms with Gasteiger partial charge in [0.2, 0.25) is 0 Å². The molecule has 0 saturated heterocycles. The van der Waals surface area contributed by atoms with Gasteiger partial charge in [-0.25, -0.2) is 0 Å². The fourth-order valence-electron chi connectivity index (χ4n) is 5.16. The van der Waals surface area contributed by atoms with Gasteiger partial charge in [-0.3, -0.25) is 0 Å².